The number of fused-ring (bicyclic) bond motifs is 1. The van der Waals surface area contributed by atoms with Gasteiger partial charge in [-0.15, -0.1) is 0 Å². The van der Waals surface area contributed by atoms with Gasteiger partial charge >= 0.3 is 0 Å². The third-order valence-electron chi connectivity index (χ3n) is 3.84. The molecule has 0 aromatic heterocycles. The van der Waals surface area contributed by atoms with Gasteiger partial charge in [0.1, 0.15) is 0 Å². The molecule has 0 aliphatic carbocycles. The van der Waals surface area contributed by atoms with Crippen LogP contribution in [0.15, 0.2) is 48.5 Å². The van der Waals surface area contributed by atoms with E-state index < -0.39 is 0 Å². The zero-order valence-corrected chi connectivity index (χ0v) is 11.0. The maximum atomic E-state index is 9.10. The molecule has 0 amide bonds. The molecule has 2 aromatic rings. The number of hydrogen-bond acceptors (Lipinski definition) is 2. The van der Waals surface area contributed by atoms with Gasteiger partial charge < -0.3 is 10.0 Å². The molecule has 1 heterocycles. The molecular weight excluding hydrogens is 234 g/mol. The summed E-state index contributed by atoms with van der Waals surface area (Å²) < 4.78 is 0. The Balaban J connectivity index is 1.85. The number of rotatable bonds is 2. The van der Waals surface area contributed by atoms with Crippen LogP contribution in [0.2, 0.25) is 0 Å². The molecule has 98 valence electrons. The Morgan fingerprint density at radius 3 is 2.42 bits per heavy atom. The molecule has 0 radical (unpaired) electrons. The van der Waals surface area contributed by atoms with Gasteiger partial charge in [0, 0.05) is 18.8 Å². The molecule has 0 unspecified atom stereocenters. The number of nitrogens with zero attached hydrogens (tertiary/aromatic N) is 1. The minimum absolute atomic E-state index is 0.114. The predicted octanol–water partition coefficient (Wildman–Crippen LogP) is 3.13. The summed E-state index contributed by atoms with van der Waals surface area (Å²) >= 11 is 0. The highest BCUT2D eigenvalue weighted by atomic mass is 16.3. The van der Waals surface area contributed by atoms with E-state index in [1.807, 2.05) is 12.1 Å². The molecule has 1 aliphatic heterocycles. The fourth-order valence-electron chi connectivity index (χ4n) is 2.73. The average molecular weight is 253 g/mol. The van der Waals surface area contributed by atoms with Crippen LogP contribution in [-0.4, -0.2) is 11.7 Å². The van der Waals surface area contributed by atoms with Crippen LogP contribution >= 0.6 is 0 Å². The fraction of sp³-hybridized carbons (Fsp3) is 0.294. The molecule has 3 rings (SSSR count). The average Bonchev–Trinajstić information content (AvgIpc) is 2.69. The lowest BCUT2D eigenvalue weighted by molar-refractivity contribution is 0.282. The smallest absolute Gasteiger partial charge is 0.0681 e. The number of aliphatic hydroxyl groups excluding tert-OH is 1. The van der Waals surface area contributed by atoms with Crippen molar-refractivity contribution in [2.75, 3.05) is 11.4 Å². The van der Waals surface area contributed by atoms with Crippen molar-refractivity contribution in [3.8, 4) is 0 Å². The second-order valence-electron chi connectivity index (χ2n) is 5.12. The molecule has 0 spiro atoms. The minimum atomic E-state index is 0.114. The Hall–Kier alpha value is -1.80. The first-order valence-corrected chi connectivity index (χ1v) is 6.88. The van der Waals surface area contributed by atoms with Crippen molar-refractivity contribution in [1.29, 1.82) is 0 Å². The number of hydrogen-bond donors (Lipinski definition) is 1. The van der Waals surface area contributed by atoms with Crippen LogP contribution in [0, 0.1) is 0 Å². The van der Waals surface area contributed by atoms with E-state index in [0.29, 0.717) is 0 Å². The number of aryl methyl sites for hydroxylation is 1. The van der Waals surface area contributed by atoms with Gasteiger partial charge in [-0.05, 0) is 41.7 Å². The number of aliphatic hydroxyl groups is 1. The second-order valence-corrected chi connectivity index (χ2v) is 5.12. The summed E-state index contributed by atoms with van der Waals surface area (Å²) in [6, 6.07) is 17.0. The largest absolute Gasteiger partial charge is 0.392 e. The van der Waals surface area contributed by atoms with Crippen molar-refractivity contribution in [2.45, 2.75) is 26.0 Å². The molecule has 1 N–H and O–H groups in total. The van der Waals surface area contributed by atoms with Crippen LogP contribution in [0.5, 0.6) is 0 Å². The summed E-state index contributed by atoms with van der Waals surface area (Å²) in [4.78, 5) is 2.42. The predicted molar refractivity (Wildman–Crippen MR) is 78.2 cm³/mol. The Labute approximate surface area is 114 Å². The van der Waals surface area contributed by atoms with Crippen molar-refractivity contribution < 1.29 is 5.11 Å². The lowest BCUT2D eigenvalue weighted by atomic mass is 10.0. The zero-order chi connectivity index (χ0) is 13.1. The van der Waals surface area contributed by atoms with Crippen molar-refractivity contribution in [3.63, 3.8) is 0 Å². The van der Waals surface area contributed by atoms with Gasteiger partial charge in [-0.2, -0.15) is 0 Å². The standard InChI is InChI=1S/C17H19NO/c19-13-14-7-9-17(10-8-14)18-11-3-6-15-4-1-2-5-16(15)12-18/h1-2,4-5,7-10,19H,3,6,11-13H2. The first kappa shape index (κ1) is 12.2. The van der Waals surface area contributed by atoms with Gasteiger partial charge in [0.15, 0.2) is 0 Å². The summed E-state index contributed by atoms with van der Waals surface area (Å²) in [5, 5.41) is 9.10. The van der Waals surface area contributed by atoms with E-state index in [-0.39, 0.29) is 6.61 Å². The molecule has 0 saturated heterocycles. The maximum Gasteiger partial charge on any atom is 0.0681 e. The topological polar surface area (TPSA) is 23.5 Å². The molecule has 0 bridgehead atoms. The lowest BCUT2D eigenvalue weighted by Crippen LogP contribution is -2.22. The molecule has 2 aromatic carbocycles. The normalized spacial score (nSPS) is 14.9. The Kier molecular flexibility index (Phi) is 3.51. The molecule has 2 nitrogen and oxygen atoms in total. The number of benzene rings is 2. The first-order valence-electron chi connectivity index (χ1n) is 6.88. The Morgan fingerprint density at radius 1 is 0.947 bits per heavy atom. The summed E-state index contributed by atoms with van der Waals surface area (Å²) in [6.45, 7) is 2.19. The van der Waals surface area contributed by atoms with Crippen LogP contribution in [0.3, 0.4) is 0 Å². The SMILES string of the molecule is OCc1ccc(N2CCCc3ccccc3C2)cc1. The highest BCUT2D eigenvalue weighted by Gasteiger charge is 2.14. The van der Waals surface area contributed by atoms with Crippen molar-refractivity contribution in [1.82, 2.24) is 0 Å². The Morgan fingerprint density at radius 2 is 1.68 bits per heavy atom. The van der Waals surface area contributed by atoms with Crippen LogP contribution in [-0.2, 0) is 19.6 Å². The summed E-state index contributed by atoms with van der Waals surface area (Å²) in [5.41, 5.74) is 5.14. The van der Waals surface area contributed by atoms with Crippen LogP contribution < -0.4 is 4.90 Å². The van der Waals surface area contributed by atoms with Crippen molar-refractivity contribution in [2.24, 2.45) is 0 Å². The highest BCUT2D eigenvalue weighted by Crippen LogP contribution is 2.24. The van der Waals surface area contributed by atoms with E-state index >= 15 is 0 Å². The maximum absolute atomic E-state index is 9.10. The number of anilines is 1. The quantitative estimate of drug-likeness (QED) is 0.889. The van der Waals surface area contributed by atoms with Gasteiger partial charge in [-0.3, -0.25) is 0 Å². The zero-order valence-electron chi connectivity index (χ0n) is 11.0. The molecule has 1 aliphatic rings. The van der Waals surface area contributed by atoms with Crippen LogP contribution in [0.1, 0.15) is 23.1 Å². The Bertz CT molecular complexity index is 547. The van der Waals surface area contributed by atoms with Crippen LogP contribution in [0.4, 0.5) is 5.69 Å². The summed E-state index contributed by atoms with van der Waals surface area (Å²) in [7, 11) is 0. The van der Waals surface area contributed by atoms with E-state index in [1.165, 1.54) is 29.7 Å². The molecule has 19 heavy (non-hydrogen) atoms. The van der Waals surface area contributed by atoms with E-state index in [9.17, 15) is 0 Å². The van der Waals surface area contributed by atoms with E-state index in [2.05, 4.69) is 41.3 Å². The fourth-order valence-corrected chi connectivity index (χ4v) is 2.73. The minimum Gasteiger partial charge on any atom is -0.392 e. The molecular formula is C17H19NO. The van der Waals surface area contributed by atoms with E-state index in [4.69, 9.17) is 5.11 Å². The summed E-state index contributed by atoms with van der Waals surface area (Å²) in [5.74, 6) is 0. The lowest BCUT2D eigenvalue weighted by Gasteiger charge is -2.23. The van der Waals surface area contributed by atoms with Crippen molar-refractivity contribution >= 4 is 5.69 Å². The van der Waals surface area contributed by atoms with E-state index in [0.717, 1.165) is 18.7 Å². The molecule has 0 saturated carbocycles. The third-order valence-corrected chi connectivity index (χ3v) is 3.84. The van der Waals surface area contributed by atoms with Gasteiger partial charge in [-0.25, -0.2) is 0 Å². The highest BCUT2D eigenvalue weighted by molar-refractivity contribution is 5.49. The summed E-state index contributed by atoms with van der Waals surface area (Å²) in [6.07, 6.45) is 2.36. The van der Waals surface area contributed by atoms with Crippen LogP contribution in [0.25, 0.3) is 0 Å². The molecule has 0 atom stereocenters. The van der Waals surface area contributed by atoms with Gasteiger partial charge in [0.05, 0.1) is 6.61 Å². The molecule has 0 fully saturated rings. The van der Waals surface area contributed by atoms with Gasteiger partial charge in [0.2, 0.25) is 0 Å². The van der Waals surface area contributed by atoms with E-state index in [1.54, 1.807) is 0 Å². The van der Waals surface area contributed by atoms with Gasteiger partial charge in [0.25, 0.3) is 0 Å². The monoisotopic (exact) mass is 253 g/mol. The first-order chi connectivity index (χ1) is 9.36. The third kappa shape index (κ3) is 2.64. The van der Waals surface area contributed by atoms with Crippen molar-refractivity contribution in [3.05, 3.63) is 65.2 Å². The molecule has 2 heteroatoms. The second kappa shape index (κ2) is 5.45. The van der Waals surface area contributed by atoms with Gasteiger partial charge in [-0.1, -0.05) is 36.4 Å².